The fraction of sp³-hybridized carbons (Fsp3) is 0.548. The van der Waals surface area contributed by atoms with Gasteiger partial charge in [0.05, 0.1) is 19.8 Å². The van der Waals surface area contributed by atoms with Crippen LogP contribution in [0.2, 0.25) is 0 Å². The zero-order valence-electron chi connectivity index (χ0n) is 24.4. The number of aliphatic carboxylic acids is 1. The number of ether oxygens (including phenoxy) is 3. The molecule has 1 fully saturated rings. The SMILES string of the molecule is COc1cc2ccccc2cc1CCCC(C)(C)CCOC(=O)/N=C(/C(=O)N1C[C@@H](OC)C[C@H]1C(=O)O)C(C)C. The molecule has 2 aromatic carbocycles. The molecular formula is C31H42N2O7. The largest absolute Gasteiger partial charge is 0.496 e. The Morgan fingerprint density at radius 2 is 1.77 bits per heavy atom. The van der Waals surface area contributed by atoms with E-state index < -0.39 is 24.0 Å². The van der Waals surface area contributed by atoms with E-state index >= 15 is 0 Å². The zero-order valence-corrected chi connectivity index (χ0v) is 24.4. The molecule has 0 spiro atoms. The molecule has 0 aliphatic carbocycles. The first-order chi connectivity index (χ1) is 19.0. The number of carbonyl (C=O) groups excluding carboxylic acids is 2. The van der Waals surface area contributed by atoms with Crippen molar-refractivity contribution in [2.45, 2.75) is 71.9 Å². The summed E-state index contributed by atoms with van der Waals surface area (Å²) in [5.41, 5.74) is 1.07. The number of methoxy groups -OCH3 is 2. The molecule has 0 bridgehead atoms. The van der Waals surface area contributed by atoms with E-state index in [1.807, 2.05) is 12.1 Å². The fourth-order valence-corrected chi connectivity index (χ4v) is 5.08. The molecule has 3 rings (SSSR count). The van der Waals surface area contributed by atoms with Gasteiger partial charge < -0.3 is 24.2 Å². The number of hydrogen-bond acceptors (Lipinski definition) is 6. The molecule has 9 nitrogen and oxygen atoms in total. The van der Waals surface area contributed by atoms with Crippen LogP contribution < -0.4 is 4.74 Å². The molecule has 1 saturated heterocycles. The van der Waals surface area contributed by atoms with Crippen LogP contribution in [-0.2, 0) is 25.5 Å². The van der Waals surface area contributed by atoms with Crippen LogP contribution in [0.15, 0.2) is 41.4 Å². The highest BCUT2D eigenvalue weighted by atomic mass is 16.5. The molecule has 1 aliphatic heterocycles. The number of carboxylic acid groups (broad SMARTS) is 1. The lowest BCUT2D eigenvalue weighted by Gasteiger charge is -2.24. The molecule has 1 aliphatic rings. The van der Waals surface area contributed by atoms with Crippen LogP contribution in [0, 0.1) is 11.3 Å². The van der Waals surface area contributed by atoms with Gasteiger partial charge in [-0.3, -0.25) is 4.79 Å². The van der Waals surface area contributed by atoms with Gasteiger partial charge in [0, 0.05) is 26.0 Å². The number of likely N-dealkylation sites (tertiary alicyclic amines) is 1. The van der Waals surface area contributed by atoms with Gasteiger partial charge in [-0.2, -0.15) is 4.99 Å². The maximum absolute atomic E-state index is 13.1. The van der Waals surface area contributed by atoms with Crippen molar-refractivity contribution in [3.63, 3.8) is 0 Å². The summed E-state index contributed by atoms with van der Waals surface area (Å²) >= 11 is 0. The Balaban J connectivity index is 1.54. The number of aryl methyl sites for hydroxylation is 1. The first-order valence-electron chi connectivity index (χ1n) is 13.8. The molecule has 218 valence electrons. The molecule has 2 amide bonds. The van der Waals surface area contributed by atoms with E-state index in [9.17, 15) is 19.5 Å². The van der Waals surface area contributed by atoms with Gasteiger partial charge in [-0.1, -0.05) is 52.0 Å². The second kappa shape index (κ2) is 13.7. The Bertz CT molecular complexity index is 1240. The number of benzene rings is 2. The maximum Gasteiger partial charge on any atom is 0.434 e. The van der Waals surface area contributed by atoms with Crippen LogP contribution in [0.25, 0.3) is 10.8 Å². The van der Waals surface area contributed by atoms with Crippen molar-refractivity contribution >= 4 is 34.5 Å². The molecule has 2 aromatic rings. The Morgan fingerprint density at radius 1 is 1.10 bits per heavy atom. The van der Waals surface area contributed by atoms with Crippen molar-refractivity contribution in [1.82, 2.24) is 4.90 Å². The minimum Gasteiger partial charge on any atom is -0.496 e. The van der Waals surface area contributed by atoms with E-state index in [-0.39, 0.29) is 42.7 Å². The van der Waals surface area contributed by atoms with E-state index in [4.69, 9.17) is 14.2 Å². The Labute approximate surface area is 236 Å². The monoisotopic (exact) mass is 554 g/mol. The first kappa shape index (κ1) is 31.1. The first-order valence-corrected chi connectivity index (χ1v) is 13.8. The summed E-state index contributed by atoms with van der Waals surface area (Å²) in [4.78, 5) is 42.5. The van der Waals surface area contributed by atoms with Crippen LogP contribution in [-0.4, -0.2) is 73.2 Å². The molecule has 0 aromatic heterocycles. The van der Waals surface area contributed by atoms with Gasteiger partial charge in [-0.25, -0.2) is 9.59 Å². The van der Waals surface area contributed by atoms with Crippen molar-refractivity contribution in [2.24, 2.45) is 16.3 Å². The zero-order chi connectivity index (χ0) is 29.4. The second-order valence-electron chi connectivity index (χ2n) is 11.5. The summed E-state index contributed by atoms with van der Waals surface area (Å²) in [6, 6.07) is 11.5. The number of amides is 2. The molecule has 9 heteroatoms. The Hall–Kier alpha value is -3.46. The predicted molar refractivity (Wildman–Crippen MR) is 154 cm³/mol. The lowest BCUT2D eigenvalue weighted by Crippen LogP contribution is -2.45. The number of aliphatic imine (C=N–C) groups is 1. The van der Waals surface area contributed by atoms with E-state index in [1.54, 1.807) is 21.0 Å². The van der Waals surface area contributed by atoms with Crippen molar-refractivity contribution < 1.29 is 33.7 Å². The van der Waals surface area contributed by atoms with Crippen LogP contribution >= 0.6 is 0 Å². The van der Waals surface area contributed by atoms with E-state index in [0.29, 0.717) is 6.42 Å². The summed E-state index contributed by atoms with van der Waals surface area (Å²) in [6.45, 7) is 8.04. The number of nitrogens with zero attached hydrogens (tertiary/aromatic N) is 2. The molecule has 0 radical (unpaired) electrons. The minimum absolute atomic E-state index is 0.0170. The number of fused-ring (bicyclic) bond motifs is 1. The lowest BCUT2D eigenvalue weighted by atomic mass is 9.83. The summed E-state index contributed by atoms with van der Waals surface area (Å²) in [6.07, 6.45) is 2.35. The van der Waals surface area contributed by atoms with Crippen LogP contribution in [0.3, 0.4) is 0 Å². The van der Waals surface area contributed by atoms with Crippen molar-refractivity contribution in [3.8, 4) is 5.75 Å². The normalized spacial score (nSPS) is 17.9. The molecule has 1 N–H and O–H groups in total. The molecule has 1 heterocycles. The topological polar surface area (TPSA) is 115 Å². The highest BCUT2D eigenvalue weighted by molar-refractivity contribution is 6.41. The highest BCUT2D eigenvalue weighted by Crippen LogP contribution is 2.31. The van der Waals surface area contributed by atoms with Crippen molar-refractivity contribution in [2.75, 3.05) is 27.4 Å². The smallest absolute Gasteiger partial charge is 0.434 e. The van der Waals surface area contributed by atoms with Crippen molar-refractivity contribution in [3.05, 3.63) is 42.0 Å². The van der Waals surface area contributed by atoms with Gasteiger partial charge in [0.25, 0.3) is 5.91 Å². The number of carboxylic acids is 1. The van der Waals surface area contributed by atoms with Crippen LogP contribution in [0.4, 0.5) is 4.79 Å². The lowest BCUT2D eigenvalue weighted by molar-refractivity contribution is -0.146. The maximum atomic E-state index is 13.1. The standard InChI is InChI=1S/C31H42N2O7/c1-20(2)27(28(34)33-19-24(38-5)18-25(33)29(35)36)32-30(37)40-15-14-31(3,4)13-9-12-23-16-21-10-7-8-11-22(21)17-26(23)39-6/h7-8,10-11,16-17,20,24-25H,9,12-15,18-19H2,1-6H3,(H,35,36)/b32-27+/t24-,25-/m0/s1. The molecule has 0 saturated carbocycles. The minimum atomic E-state index is -1.11. The predicted octanol–water partition coefficient (Wildman–Crippen LogP) is 5.52. The average molecular weight is 555 g/mol. The number of carbonyl (C=O) groups is 3. The Kier molecular flexibility index (Phi) is 10.7. The third-order valence-electron chi connectivity index (χ3n) is 7.57. The van der Waals surface area contributed by atoms with E-state index in [2.05, 4.69) is 43.1 Å². The van der Waals surface area contributed by atoms with Gasteiger partial charge in [0.1, 0.15) is 17.5 Å². The highest BCUT2D eigenvalue weighted by Gasteiger charge is 2.41. The van der Waals surface area contributed by atoms with Gasteiger partial charge in [-0.15, -0.1) is 0 Å². The molecular weight excluding hydrogens is 512 g/mol. The van der Waals surface area contributed by atoms with Gasteiger partial charge >= 0.3 is 12.1 Å². The van der Waals surface area contributed by atoms with Crippen molar-refractivity contribution in [1.29, 1.82) is 0 Å². The van der Waals surface area contributed by atoms with Crippen LogP contribution in [0.5, 0.6) is 5.75 Å². The number of rotatable bonds is 12. The fourth-order valence-electron chi connectivity index (χ4n) is 5.08. The molecule has 2 atom stereocenters. The van der Waals surface area contributed by atoms with E-state index in [0.717, 1.165) is 30.4 Å². The average Bonchev–Trinajstić information content (AvgIpc) is 3.36. The van der Waals surface area contributed by atoms with Gasteiger partial charge in [0.15, 0.2) is 0 Å². The summed E-state index contributed by atoms with van der Waals surface area (Å²) in [5, 5.41) is 11.9. The summed E-state index contributed by atoms with van der Waals surface area (Å²) in [7, 11) is 3.17. The van der Waals surface area contributed by atoms with E-state index in [1.165, 1.54) is 23.0 Å². The third kappa shape index (κ3) is 8.03. The quantitative estimate of drug-likeness (QED) is 0.344. The Morgan fingerprint density at radius 3 is 2.38 bits per heavy atom. The summed E-state index contributed by atoms with van der Waals surface area (Å²) < 4.78 is 16.3. The number of hydrogen-bond donors (Lipinski definition) is 1. The van der Waals surface area contributed by atoms with Crippen LogP contribution in [0.1, 0.15) is 58.9 Å². The third-order valence-corrected chi connectivity index (χ3v) is 7.57. The molecule has 40 heavy (non-hydrogen) atoms. The summed E-state index contributed by atoms with van der Waals surface area (Å²) in [5.74, 6) is -1.19. The second-order valence-corrected chi connectivity index (χ2v) is 11.5. The van der Waals surface area contributed by atoms with Gasteiger partial charge in [-0.05, 0) is 59.6 Å². The van der Waals surface area contributed by atoms with Gasteiger partial charge in [0.2, 0.25) is 0 Å². The molecule has 0 unspecified atom stereocenters.